The Labute approximate surface area is 210 Å². The van der Waals surface area contributed by atoms with Crippen molar-refractivity contribution in [3.63, 3.8) is 0 Å². The third kappa shape index (κ3) is 5.29. The number of aromatic nitrogens is 1. The Bertz CT molecular complexity index is 1610. The maximum atomic E-state index is 13.2. The Morgan fingerprint density at radius 3 is 2.49 bits per heavy atom. The van der Waals surface area contributed by atoms with Crippen molar-refractivity contribution in [3.05, 3.63) is 87.7 Å². The maximum absolute atomic E-state index is 13.2. The second-order valence-electron chi connectivity index (χ2n) is 7.51. The van der Waals surface area contributed by atoms with E-state index in [1.54, 1.807) is 42.5 Å². The van der Waals surface area contributed by atoms with Gasteiger partial charge in [0.15, 0.2) is 4.80 Å². The number of carbonyl (C=O) groups is 2. The van der Waals surface area contributed by atoms with Gasteiger partial charge >= 0.3 is 5.97 Å². The highest BCUT2D eigenvalue weighted by Crippen LogP contribution is 2.26. The van der Waals surface area contributed by atoms with Crippen LogP contribution in [0.2, 0.25) is 5.02 Å². The van der Waals surface area contributed by atoms with E-state index in [1.807, 2.05) is 6.92 Å². The van der Waals surface area contributed by atoms with E-state index in [0.29, 0.717) is 10.5 Å². The molecule has 0 fully saturated rings. The van der Waals surface area contributed by atoms with Crippen LogP contribution in [0.3, 0.4) is 0 Å². The number of ether oxygens (including phenoxy) is 1. The van der Waals surface area contributed by atoms with Crippen LogP contribution in [0.15, 0.2) is 76.6 Å². The number of methoxy groups -OCH3 is 1. The molecule has 1 aromatic heterocycles. The van der Waals surface area contributed by atoms with Gasteiger partial charge in [0, 0.05) is 0 Å². The Morgan fingerprint density at radius 2 is 1.77 bits per heavy atom. The lowest BCUT2D eigenvalue weighted by Crippen LogP contribution is -2.23. The molecule has 4 aromatic rings. The molecule has 0 aliphatic heterocycles. The van der Waals surface area contributed by atoms with Crippen molar-refractivity contribution in [3.8, 4) is 0 Å². The number of benzene rings is 3. The molecule has 1 N–H and O–H groups in total. The fourth-order valence-corrected chi connectivity index (χ4v) is 5.81. The zero-order valence-corrected chi connectivity index (χ0v) is 21.1. The van der Waals surface area contributed by atoms with Gasteiger partial charge in [-0.1, -0.05) is 58.8 Å². The molecule has 0 saturated heterocycles. The van der Waals surface area contributed by atoms with Crippen LogP contribution in [0.1, 0.15) is 15.9 Å². The number of halogens is 1. The van der Waals surface area contributed by atoms with E-state index in [2.05, 4.69) is 9.71 Å². The van der Waals surface area contributed by atoms with Gasteiger partial charge < -0.3 is 9.30 Å². The first kappa shape index (κ1) is 24.6. The van der Waals surface area contributed by atoms with Crippen molar-refractivity contribution in [2.75, 3.05) is 11.8 Å². The van der Waals surface area contributed by atoms with Gasteiger partial charge in [-0.05, 0) is 43.3 Å². The topological polar surface area (TPSA) is 107 Å². The van der Waals surface area contributed by atoms with Gasteiger partial charge in [0.25, 0.3) is 15.9 Å². The average molecular weight is 530 g/mol. The summed E-state index contributed by atoms with van der Waals surface area (Å²) in [7, 11) is -2.68. The van der Waals surface area contributed by atoms with Gasteiger partial charge in [0.1, 0.15) is 6.54 Å². The molecule has 0 spiro atoms. The monoisotopic (exact) mass is 529 g/mol. The number of fused-ring (bicyclic) bond motifs is 1. The van der Waals surface area contributed by atoms with E-state index in [1.165, 1.54) is 47.3 Å². The molecular formula is C24H20ClN3O5S2. The van der Waals surface area contributed by atoms with Crippen LogP contribution < -0.4 is 9.52 Å². The van der Waals surface area contributed by atoms with Crippen LogP contribution in [0, 0.1) is 6.92 Å². The number of nitrogens with zero attached hydrogens (tertiary/aromatic N) is 2. The van der Waals surface area contributed by atoms with Crippen LogP contribution in [0.4, 0.5) is 5.69 Å². The summed E-state index contributed by atoms with van der Waals surface area (Å²) in [6.45, 7) is 1.65. The number of hydrogen-bond donors (Lipinski definition) is 1. The first-order valence-electron chi connectivity index (χ1n) is 10.3. The SMILES string of the molecule is COC(=O)Cn1c(=NC(=O)c2ccccc2NS(=O)(=O)c2ccc(C)cc2)sc2cccc(Cl)c21. The van der Waals surface area contributed by atoms with E-state index < -0.39 is 21.9 Å². The van der Waals surface area contributed by atoms with Crippen molar-refractivity contribution in [2.45, 2.75) is 18.4 Å². The summed E-state index contributed by atoms with van der Waals surface area (Å²) >= 11 is 7.53. The summed E-state index contributed by atoms with van der Waals surface area (Å²) in [5.41, 5.74) is 1.60. The summed E-state index contributed by atoms with van der Waals surface area (Å²) in [5, 5.41) is 0.391. The van der Waals surface area contributed by atoms with Crippen LogP contribution in [0.25, 0.3) is 10.2 Å². The van der Waals surface area contributed by atoms with Gasteiger partial charge in [0.2, 0.25) is 0 Å². The van der Waals surface area contributed by atoms with Crippen LogP contribution in [-0.2, 0) is 26.1 Å². The molecule has 1 amide bonds. The number of thiazole rings is 1. The largest absolute Gasteiger partial charge is 0.468 e. The first-order chi connectivity index (χ1) is 16.7. The number of aryl methyl sites for hydroxylation is 1. The Morgan fingerprint density at radius 1 is 1.06 bits per heavy atom. The third-order valence-corrected chi connectivity index (χ3v) is 7.83. The molecule has 180 valence electrons. The molecule has 0 radical (unpaired) electrons. The summed E-state index contributed by atoms with van der Waals surface area (Å²) in [5.74, 6) is -1.22. The molecule has 3 aromatic carbocycles. The number of hydrogen-bond acceptors (Lipinski definition) is 6. The molecule has 0 unspecified atom stereocenters. The van der Waals surface area contributed by atoms with Crippen LogP contribution in [0.5, 0.6) is 0 Å². The van der Waals surface area contributed by atoms with Crippen molar-refractivity contribution in [2.24, 2.45) is 4.99 Å². The quantitative estimate of drug-likeness (QED) is 0.373. The van der Waals surface area contributed by atoms with Gasteiger partial charge in [-0.2, -0.15) is 4.99 Å². The van der Waals surface area contributed by atoms with Crippen LogP contribution >= 0.6 is 22.9 Å². The fourth-order valence-electron chi connectivity index (χ4n) is 3.34. The smallest absolute Gasteiger partial charge is 0.325 e. The minimum absolute atomic E-state index is 0.0522. The van der Waals surface area contributed by atoms with Crippen molar-refractivity contribution in [1.29, 1.82) is 0 Å². The van der Waals surface area contributed by atoms with Crippen molar-refractivity contribution >= 4 is 60.7 Å². The number of rotatable bonds is 6. The number of carbonyl (C=O) groups excluding carboxylic acids is 2. The minimum atomic E-state index is -3.94. The zero-order chi connectivity index (χ0) is 25.2. The van der Waals surface area contributed by atoms with Crippen molar-refractivity contribution < 1.29 is 22.7 Å². The molecule has 8 nitrogen and oxygen atoms in total. The Hall–Kier alpha value is -3.47. The summed E-state index contributed by atoms with van der Waals surface area (Å²) < 4.78 is 35.3. The highest BCUT2D eigenvalue weighted by atomic mass is 35.5. The Kier molecular flexibility index (Phi) is 7.06. The molecule has 11 heteroatoms. The number of para-hydroxylation sites is 2. The fraction of sp³-hybridized carbons (Fsp3) is 0.125. The van der Waals surface area contributed by atoms with Gasteiger partial charge in [0.05, 0.1) is 38.5 Å². The van der Waals surface area contributed by atoms with E-state index in [4.69, 9.17) is 16.3 Å². The lowest BCUT2D eigenvalue weighted by molar-refractivity contribution is -0.141. The summed E-state index contributed by atoms with van der Waals surface area (Å²) in [6.07, 6.45) is 0. The number of anilines is 1. The van der Waals surface area contributed by atoms with Crippen molar-refractivity contribution in [1.82, 2.24) is 4.57 Å². The first-order valence-corrected chi connectivity index (χ1v) is 13.0. The highest BCUT2D eigenvalue weighted by molar-refractivity contribution is 7.92. The summed E-state index contributed by atoms with van der Waals surface area (Å²) in [6, 6.07) is 17.8. The maximum Gasteiger partial charge on any atom is 0.325 e. The summed E-state index contributed by atoms with van der Waals surface area (Å²) in [4.78, 5) is 29.7. The molecule has 1 heterocycles. The third-order valence-electron chi connectivity index (χ3n) is 5.10. The molecular weight excluding hydrogens is 510 g/mol. The zero-order valence-electron chi connectivity index (χ0n) is 18.7. The van der Waals surface area contributed by atoms with E-state index in [9.17, 15) is 18.0 Å². The highest BCUT2D eigenvalue weighted by Gasteiger charge is 2.19. The predicted molar refractivity (Wildman–Crippen MR) is 135 cm³/mol. The van der Waals surface area contributed by atoms with Gasteiger partial charge in [-0.25, -0.2) is 8.42 Å². The molecule has 0 atom stereocenters. The normalized spacial score (nSPS) is 12.0. The number of sulfonamides is 1. The molecule has 0 aliphatic carbocycles. The van der Waals surface area contributed by atoms with E-state index >= 15 is 0 Å². The minimum Gasteiger partial charge on any atom is -0.468 e. The standard InChI is InChI=1S/C24H20ClN3O5S2/c1-15-10-12-16(13-11-15)35(31,32)27-19-8-4-3-6-17(19)23(30)26-24-28(14-21(29)33-2)22-18(25)7-5-9-20(22)34-24/h3-13,27H,14H2,1-2H3. The molecule has 35 heavy (non-hydrogen) atoms. The molecule has 0 bridgehead atoms. The van der Waals surface area contributed by atoms with E-state index in [0.717, 1.165) is 10.3 Å². The molecule has 0 aliphatic rings. The predicted octanol–water partition coefficient (Wildman–Crippen LogP) is 4.38. The lowest BCUT2D eigenvalue weighted by atomic mass is 10.2. The second kappa shape index (κ2) is 10.0. The lowest BCUT2D eigenvalue weighted by Gasteiger charge is -2.11. The van der Waals surface area contributed by atoms with E-state index in [-0.39, 0.29) is 27.5 Å². The second-order valence-corrected chi connectivity index (χ2v) is 10.6. The average Bonchev–Trinajstić information content (AvgIpc) is 3.17. The van der Waals surface area contributed by atoms with Crippen LogP contribution in [-0.4, -0.2) is 32.0 Å². The van der Waals surface area contributed by atoms with Gasteiger partial charge in [-0.3, -0.25) is 14.3 Å². The number of esters is 1. The van der Waals surface area contributed by atoms with Gasteiger partial charge in [-0.15, -0.1) is 0 Å². The number of nitrogens with one attached hydrogen (secondary N) is 1. The molecule has 4 rings (SSSR count). The number of amides is 1. The Balaban J connectivity index is 1.77. The molecule has 0 saturated carbocycles.